The highest BCUT2D eigenvalue weighted by atomic mass is 35.5. The molecule has 0 aliphatic heterocycles. The van der Waals surface area contributed by atoms with Gasteiger partial charge in [-0.15, -0.1) is 12.4 Å². The normalized spacial score (nSPS) is 11.1. The topological polar surface area (TPSA) is 81.4 Å². The highest BCUT2D eigenvalue weighted by Gasteiger charge is 2.11. The number of hydrogen-bond acceptors (Lipinski definition) is 4. The Morgan fingerprint density at radius 1 is 1.30 bits per heavy atom. The molecule has 0 aromatic heterocycles. The van der Waals surface area contributed by atoms with Crippen LogP contribution in [0, 0.1) is 0 Å². The monoisotopic (exact) mass is 300 g/mol. The van der Waals surface area contributed by atoms with Crippen molar-refractivity contribution in [2.75, 3.05) is 13.2 Å². The summed E-state index contributed by atoms with van der Waals surface area (Å²) in [4.78, 5) is 22.7. The van der Waals surface area contributed by atoms with Gasteiger partial charge in [0.1, 0.15) is 0 Å². The summed E-state index contributed by atoms with van der Waals surface area (Å²) in [5, 5.41) is 2.65. The molecule has 1 rings (SSSR count). The first-order valence-electron chi connectivity index (χ1n) is 6.36. The first-order chi connectivity index (χ1) is 9.13. The molecule has 1 atom stereocenters. The van der Waals surface area contributed by atoms with E-state index in [1.54, 1.807) is 6.92 Å². The third-order valence-electron chi connectivity index (χ3n) is 2.59. The van der Waals surface area contributed by atoms with Crippen LogP contribution in [0.1, 0.15) is 31.4 Å². The van der Waals surface area contributed by atoms with Gasteiger partial charge in [-0.3, -0.25) is 9.59 Å². The minimum Gasteiger partial charge on any atom is -0.466 e. The Labute approximate surface area is 125 Å². The summed E-state index contributed by atoms with van der Waals surface area (Å²) in [7, 11) is 0. The summed E-state index contributed by atoms with van der Waals surface area (Å²) >= 11 is 0. The predicted octanol–water partition coefficient (Wildman–Crippen LogP) is 1.57. The molecule has 1 aromatic carbocycles. The van der Waals surface area contributed by atoms with E-state index >= 15 is 0 Å². The van der Waals surface area contributed by atoms with Gasteiger partial charge in [0.05, 0.1) is 13.0 Å². The van der Waals surface area contributed by atoms with Crippen LogP contribution in [0.3, 0.4) is 0 Å². The molecule has 3 N–H and O–H groups in total. The Morgan fingerprint density at radius 3 is 2.55 bits per heavy atom. The Bertz CT molecular complexity index is 412. The van der Waals surface area contributed by atoms with Crippen LogP contribution < -0.4 is 11.1 Å². The van der Waals surface area contributed by atoms with Crippen LogP contribution >= 0.6 is 12.4 Å². The fourth-order valence-corrected chi connectivity index (χ4v) is 1.63. The van der Waals surface area contributed by atoms with E-state index in [1.165, 1.54) is 0 Å². The number of esters is 1. The SMILES string of the molecule is CCOC(=O)CCNC(=O)CC(N)c1ccccc1.Cl. The molecule has 0 saturated carbocycles. The van der Waals surface area contributed by atoms with E-state index < -0.39 is 0 Å². The van der Waals surface area contributed by atoms with Crippen LogP contribution in [-0.4, -0.2) is 25.0 Å². The molecule has 1 amide bonds. The zero-order chi connectivity index (χ0) is 14.1. The van der Waals surface area contributed by atoms with E-state index in [0.29, 0.717) is 6.61 Å². The number of carbonyl (C=O) groups excluding carboxylic acids is 2. The molecule has 0 radical (unpaired) electrons. The van der Waals surface area contributed by atoms with Crippen LogP contribution in [-0.2, 0) is 14.3 Å². The van der Waals surface area contributed by atoms with Crippen LogP contribution in [0.4, 0.5) is 0 Å². The van der Waals surface area contributed by atoms with Crippen molar-refractivity contribution in [3.8, 4) is 0 Å². The van der Waals surface area contributed by atoms with E-state index in [2.05, 4.69) is 5.32 Å². The highest BCUT2D eigenvalue weighted by Crippen LogP contribution is 2.12. The van der Waals surface area contributed by atoms with Crippen LogP contribution in [0.15, 0.2) is 30.3 Å². The summed E-state index contributed by atoms with van der Waals surface area (Å²) in [5.41, 5.74) is 6.84. The maximum Gasteiger partial charge on any atom is 0.307 e. The minimum atomic E-state index is -0.330. The lowest BCUT2D eigenvalue weighted by atomic mass is 10.0. The van der Waals surface area contributed by atoms with Crippen molar-refractivity contribution in [2.45, 2.75) is 25.8 Å². The largest absolute Gasteiger partial charge is 0.466 e. The molecule has 0 bridgehead atoms. The Morgan fingerprint density at radius 2 is 1.95 bits per heavy atom. The summed E-state index contributed by atoms with van der Waals surface area (Å²) < 4.78 is 4.76. The van der Waals surface area contributed by atoms with Gasteiger partial charge in [-0.25, -0.2) is 0 Å². The number of benzene rings is 1. The zero-order valence-corrected chi connectivity index (χ0v) is 12.3. The molecule has 0 heterocycles. The van der Waals surface area contributed by atoms with Crippen molar-refractivity contribution in [3.63, 3.8) is 0 Å². The quantitative estimate of drug-likeness (QED) is 0.749. The van der Waals surface area contributed by atoms with Crippen molar-refractivity contribution in [1.82, 2.24) is 5.32 Å². The van der Waals surface area contributed by atoms with Crippen molar-refractivity contribution < 1.29 is 14.3 Å². The van der Waals surface area contributed by atoms with E-state index in [0.717, 1.165) is 5.56 Å². The lowest BCUT2D eigenvalue weighted by molar-refractivity contribution is -0.143. The summed E-state index contributed by atoms with van der Waals surface area (Å²) in [6, 6.07) is 9.11. The zero-order valence-electron chi connectivity index (χ0n) is 11.5. The number of halogens is 1. The van der Waals surface area contributed by atoms with Gasteiger partial charge in [-0.05, 0) is 12.5 Å². The van der Waals surface area contributed by atoms with Crippen LogP contribution in [0.2, 0.25) is 0 Å². The van der Waals surface area contributed by atoms with Crippen LogP contribution in [0.5, 0.6) is 0 Å². The third-order valence-corrected chi connectivity index (χ3v) is 2.59. The first kappa shape index (κ1) is 18.4. The third kappa shape index (κ3) is 7.11. The summed E-state index contributed by atoms with van der Waals surface area (Å²) in [6.07, 6.45) is 0.382. The van der Waals surface area contributed by atoms with Gasteiger partial charge in [0.2, 0.25) is 5.91 Å². The van der Waals surface area contributed by atoms with Crippen molar-refractivity contribution in [1.29, 1.82) is 0 Å². The first-order valence-corrected chi connectivity index (χ1v) is 6.36. The van der Waals surface area contributed by atoms with Gasteiger partial charge in [-0.1, -0.05) is 30.3 Å². The number of rotatable bonds is 7. The molecule has 0 aliphatic rings. The average Bonchev–Trinajstić information content (AvgIpc) is 2.40. The number of carbonyl (C=O) groups is 2. The number of ether oxygens (including phenoxy) is 1. The minimum absolute atomic E-state index is 0. The maximum absolute atomic E-state index is 11.6. The molecule has 0 aliphatic carbocycles. The van der Waals surface area contributed by atoms with Gasteiger partial charge >= 0.3 is 5.97 Å². The fourth-order valence-electron chi connectivity index (χ4n) is 1.63. The van der Waals surface area contributed by atoms with Gasteiger partial charge in [0.15, 0.2) is 0 Å². The molecule has 0 spiro atoms. The number of nitrogens with two attached hydrogens (primary N) is 1. The molecular formula is C14H21ClN2O3. The second-order valence-corrected chi connectivity index (χ2v) is 4.13. The van der Waals surface area contributed by atoms with Crippen molar-refractivity contribution >= 4 is 24.3 Å². The van der Waals surface area contributed by atoms with Gasteiger partial charge in [0, 0.05) is 19.0 Å². The average molecular weight is 301 g/mol. The van der Waals surface area contributed by atoms with E-state index in [1.807, 2.05) is 30.3 Å². The Kier molecular flexibility index (Phi) is 9.41. The van der Waals surface area contributed by atoms with Crippen LogP contribution in [0.25, 0.3) is 0 Å². The molecule has 5 nitrogen and oxygen atoms in total. The Balaban J connectivity index is 0.00000361. The smallest absolute Gasteiger partial charge is 0.307 e. The standard InChI is InChI=1S/C14H20N2O3.ClH/c1-2-19-14(18)8-9-16-13(17)10-12(15)11-6-4-3-5-7-11;/h3-7,12H,2,8-10,15H2,1H3,(H,16,17);1H. The highest BCUT2D eigenvalue weighted by molar-refractivity contribution is 5.85. The molecule has 0 fully saturated rings. The van der Waals surface area contributed by atoms with Crippen molar-refractivity contribution in [3.05, 3.63) is 35.9 Å². The lowest BCUT2D eigenvalue weighted by Gasteiger charge is -2.11. The molecule has 20 heavy (non-hydrogen) atoms. The molecule has 1 unspecified atom stereocenters. The number of nitrogens with one attached hydrogen (secondary N) is 1. The van der Waals surface area contributed by atoms with Gasteiger partial charge in [0.25, 0.3) is 0 Å². The predicted molar refractivity (Wildman–Crippen MR) is 79.5 cm³/mol. The summed E-state index contributed by atoms with van der Waals surface area (Å²) in [6.45, 7) is 2.38. The lowest BCUT2D eigenvalue weighted by Crippen LogP contribution is -2.29. The number of hydrogen-bond donors (Lipinski definition) is 2. The number of amides is 1. The van der Waals surface area contributed by atoms with E-state index in [4.69, 9.17) is 10.5 Å². The Hall–Kier alpha value is -1.59. The maximum atomic E-state index is 11.6. The second-order valence-electron chi connectivity index (χ2n) is 4.13. The van der Waals surface area contributed by atoms with Crippen molar-refractivity contribution in [2.24, 2.45) is 5.73 Å². The van der Waals surface area contributed by atoms with E-state index in [-0.39, 0.29) is 49.7 Å². The molecule has 6 heteroatoms. The molecule has 112 valence electrons. The molecular weight excluding hydrogens is 280 g/mol. The van der Waals surface area contributed by atoms with Gasteiger partial charge < -0.3 is 15.8 Å². The van der Waals surface area contributed by atoms with Gasteiger partial charge in [-0.2, -0.15) is 0 Å². The fraction of sp³-hybridized carbons (Fsp3) is 0.429. The second kappa shape index (κ2) is 10.2. The summed E-state index contributed by atoms with van der Waals surface area (Å²) in [5.74, 6) is -0.476. The molecule has 1 aromatic rings. The molecule has 0 saturated heterocycles. The van der Waals surface area contributed by atoms with E-state index in [9.17, 15) is 9.59 Å².